The molecule has 0 aliphatic carbocycles. The van der Waals surface area contributed by atoms with Crippen molar-refractivity contribution in [2.45, 2.75) is 60.4 Å². The van der Waals surface area contributed by atoms with Crippen LogP contribution in [-0.2, 0) is 6.54 Å². The van der Waals surface area contributed by atoms with E-state index in [9.17, 15) is 9.59 Å². The van der Waals surface area contributed by atoms with Crippen molar-refractivity contribution in [3.05, 3.63) is 53.6 Å². The summed E-state index contributed by atoms with van der Waals surface area (Å²) in [6.07, 6.45) is 2.75. The van der Waals surface area contributed by atoms with Gasteiger partial charge in [0, 0.05) is 36.4 Å². The Hall–Kier alpha value is -3.19. The van der Waals surface area contributed by atoms with Crippen LogP contribution < -0.4 is 11.1 Å². The second-order valence-corrected chi connectivity index (χ2v) is 10.3. The van der Waals surface area contributed by atoms with Crippen LogP contribution in [0.4, 0.5) is 11.6 Å². The van der Waals surface area contributed by atoms with Gasteiger partial charge in [0.1, 0.15) is 0 Å². The summed E-state index contributed by atoms with van der Waals surface area (Å²) in [4.78, 5) is 32.0. The van der Waals surface area contributed by atoms with Crippen LogP contribution in [0.5, 0.6) is 0 Å². The minimum Gasteiger partial charge on any atom is -0.339 e. The lowest BCUT2D eigenvalue weighted by molar-refractivity contribution is 0.0740. The molecule has 0 aliphatic heterocycles. The van der Waals surface area contributed by atoms with Gasteiger partial charge in [-0.1, -0.05) is 27.7 Å². The van der Waals surface area contributed by atoms with E-state index < -0.39 is 0 Å². The molecule has 0 atom stereocenters. The molecule has 3 aromatic rings. The topological polar surface area (TPSA) is 93.2 Å². The first kappa shape index (κ1) is 27.4. The molecule has 0 bridgehead atoms. The predicted molar refractivity (Wildman–Crippen MR) is 148 cm³/mol. The van der Waals surface area contributed by atoms with Crippen LogP contribution in [0.15, 0.2) is 42.5 Å². The number of hydrogen-bond donors (Lipinski definition) is 2. The Kier molecular flexibility index (Phi) is 9.65. The van der Waals surface area contributed by atoms with Crippen LogP contribution >= 0.6 is 0 Å². The molecule has 7 nitrogen and oxygen atoms in total. The number of aromatic nitrogens is 2. The number of nitrogens with two attached hydrogens (primary N) is 1. The van der Waals surface area contributed by atoms with E-state index in [1.807, 2.05) is 35.2 Å². The fourth-order valence-corrected chi connectivity index (χ4v) is 4.07. The summed E-state index contributed by atoms with van der Waals surface area (Å²) in [5, 5.41) is 3.38. The maximum atomic E-state index is 13.6. The van der Waals surface area contributed by atoms with Gasteiger partial charge in [0.15, 0.2) is 5.78 Å². The number of imidazole rings is 1. The number of fused-ring (bicyclic) bond motifs is 1. The Morgan fingerprint density at radius 3 is 2.14 bits per heavy atom. The molecule has 7 heteroatoms. The van der Waals surface area contributed by atoms with Gasteiger partial charge in [0.05, 0.1) is 11.0 Å². The van der Waals surface area contributed by atoms with Crippen LogP contribution in [-0.4, -0.2) is 45.8 Å². The summed E-state index contributed by atoms with van der Waals surface area (Å²) in [5.41, 5.74) is 9.74. The number of amides is 1. The molecule has 0 fully saturated rings. The quantitative estimate of drug-likeness (QED) is 0.292. The van der Waals surface area contributed by atoms with E-state index in [4.69, 9.17) is 10.7 Å². The van der Waals surface area contributed by atoms with Crippen molar-refractivity contribution >= 4 is 34.4 Å². The summed E-state index contributed by atoms with van der Waals surface area (Å²) in [6.45, 7) is 13.1. The number of anilines is 2. The maximum absolute atomic E-state index is 13.6. The fraction of sp³-hybridized carbons (Fsp3) is 0.483. The lowest BCUT2D eigenvalue weighted by Gasteiger charge is -2.24. The zero-order valence-corrected chi connectivity index (χ0v) is 22.4. The summed E-state index contributed by atoms with van der Waals surface area (Å²) < 4.78 is 2.09. The Morgan fingerprint density at radius 1 is 0.972 bits per heavy atom. The Bertz CT molecular complexity index is 1150. The summed E-state index contributed by atoms with van der Waals surface area (Å²) in [6, 6.07) is 13.1. The number of Topliss-reactive ketones (excluding diaryl/α,β-unsaturated/α-hetero) is 1. The van der Waals surface area contributed by atoms with Gasteiger partial charge in [0.25, 0.3) is 5.91 Å². The second kappa shape index (κ2) is 12.7. The normalized spacial score (nSPS) is 11.4. The first-order chi connectivity index (χ1) is 17.2. The van der Waals surface area contributed by atoms with Crippen molar-refractivity contribution in [3.8, 4) is 0 Å². The minimum absolute atomic E-state index is 0.0322. The molecule has 0 spiro atoms. The molecule has 36 heavy (non-hydrogen) atoms. The van der Waals surface area contributed by atoms with Gasteiger partial charge >= 0.3 is 0 Å². The molecular formula is C29H41N5O2. The third-order valence-corrected chi connectivity index (χ3v) is 6.37. The van der Waals surface area contributed by atoms with Crippen molar-refractivity contribution in [2.24, 2.45) is 17.6 Å². The number of carbonyl (C=O) groups is 2. The number of nitrogens with zero attached hydrogens (tertiary/aromatic N) is 3. The van der Waals surface area contributed by atoms with E-state index in [1.165, 1.54) is 0 Å². The highest BCUT2D eigenvalue weighted by atomic mass is 16.2. The average Bonchev–Trinajstić information content (AvgIpc) is 3.18. The third-order valence-electron chi connectivity index (χ3n) is 6.37. The predicted octanol–water partition coefficient (Wildman–Crippen LogP) is 5.87. The highest BCUT2D eigenvalue weighted by Crippen LogP contribution is 2.25. The average molecular weight is 492 g/mol. The summed E-state index contributed by atoms with van der Waals surface area (Å²) in [7, 11) is 0. The molecule has 3 N–H and O–H groups in total. The molecule has 1 amide bonds. The third kappa shape index (κ3) is 7.17. The van der Waals surface area contributed by atoms with Crippen molar-refractivity contribution in [3.63, 3.8) is 0 Å². The van der Waals surface area contributed by atoms with Crippen molar-refractivity contribution in [1.82, 2.24) is 14.5 Å². The lowest BCUT2D eigenvalue weighted by atomic mass is 10.1. The number of benzene rings is 2. The van der Waals surface area contributed by atoms with E-state index in [-0.39, 0.29) is 11.7 Å². The molecule has 0 unspecified atom stereocenters. The molecule has 1 aromatic heterocycles. The van der Waals surface area contributed by atoms with Crippen LogP contribution in [0.1, 0.15) is 74.6 Å². The standard InChI is InChI=1S/C29H41N5O2/c1-20(2)13-17-33(18-14-21(3)4)28(36)24-9-12-26-27(19-24)34(16-6-15-30)29(32-26)31-25-10-7-23(8-11-25)22(5)35/h7-12,19-21H,6,13-18,30H2,1-5H3,(H,31,32). The summed E-state index contributed by atoms with van der Waals surface area (Å²) in [5.74, 6) is 1.87. The number of hydrogen-bond acceptors (Lipinski definition) is 5. The first-order valence-electron chi connectivity index (χ1n) is 13.1. The Morgan fingerprint density at radius 2 is 1.58 bits per heavy atom. The van der Waals surface area contributed by atoms with Gasteiger partial charge in [0.2, 0.25) is 5.95 Å². The van der Waals surface area contributed by atoms with E-state index in [2.05, 4.69) is 37.6 Å². The zero-order chi connectivity index (χ0) is 26.2. The van der Waals surface area contributed by atoms with Crippen LogP contribution in [0.25, 0.3) is 11.0 Å². The van der Waals surface area contributed by atoms with Gasteiger partial charge in [-0.05, 0) is 87.0 Å². The molecule has 0 saturated carbocycles. The maximum Gasteiger partial charge on any atom is 0.253 e. The molecule has 0 aliphatic rings. The highest BCUT2D eigenvalue weighted by molar-refractivity contribution is 5.98. The van der Waals surface area contributed by atoms with Crippen molar-refractivity contribution in [2.75, 3.05) is 25.0 Å². The van der Waals surface area contributed by atoms with Gasteiger partial charge in [-0.15, -0.1) is 0 Å². The minimum atomic E-state index is 0.0322. The molecule has 194 valence electrons. The number of carbonyl (C=O) groups excluding carboxylic acids is 2. The number of aryl methyl sites for hydroxylation is 1. The van der Waals surface area contributed by atoms with Gasteiger partial charge < -0.3 is 20.5 Å². The highest BCUT2D eigenvalue weighted by Gasteiger charge is 2.19. The zero-order valence-electron chi connectivity index (χ0n) is 22.4. The summed E-state index contributed by atoms with van der Waals surface area (Å²) >= 11 is 0. The van der Waals surface area contributed by atoms with Gasteiger partial charge in [-0.2, -0.15) is 0 Å². The van der Waals surface area contributed by atoms with Crippen LogP contribution in [0.3, 0.4) is 0 Å². The van der Waals surface area contributed by atoms with Crippen LogP contribution in [0.2, 0.25) is 0 Å². The first-order valence-corrected chi connectivity index (χ1v) is 13.1. The fourth-order valence-electron chi connectivity index (χ4n) is 4.07. The largest absolute Gasteiger partial charge is 0.339 e. The van der Waals surface area contributed by atoms with Crippen LogP contribution in [0, 0.1) is 11.8 Å². The molecular weight excluding hydrogens is 450 g/mol. The lowest BCUT2D eigenvalue weighted by Crippen LogP contribution is -2.34. The Balaban J connectivity index is 1.93. The molecule has 1 heterocycles. The molecule has 0 radical (unpaired) electrons. The van der Waals surface area contributed by atoms with E-state index in [0.29, 0.717) is 42.0 Å². The van der Waals surface area contributed by atoms with E-state index in [1.54, 1.807) is 19.1 Å². The van der Waals surface area contributed by atoms with Crippen molar-refractivity contribution in [1.29, 1.82) is 0 Å². The SMILES string of the molecule is CC(=O)c1ccc(Nc2nc3ccc(C(=O)N(CCC(C)C)CCC(C)C)cc3n2CCCN)cc1. The smallest absolute Gasteiger partial charge is 0.253 e. The van der Waals surface area contributed by atoms with E-state index >= 15 is 0 Å². The number of rotatable bonds is 13. The van der Waals surface area contributed by atoms with Gasteiger partial charge in [-0.3, -0.25) is 9.59 Å². The second-order valence-electron chi connectivity index (χ2n) is 10.3. The number of ketones is 1. The molecule has 2 aromatic carbocycles. The molecule has 0 saturated heterocycles. The number of nitrogens with one attached hydrogen (secondary N) is 1. The monoisotopic (exact) mass is 491 g/mol. The molecule has 3 rings (SSSR count). The Labute approximate surface area is 215 Å². The van der Waals surface area contributed by atoms with Crippen molar-refractivity contribution < 1.29 is 9.59 Å². The van der Waals surface area contributed by atoms with Gasteiger partial charge in [-0.25, -0.2) is 4.98 Å². The van der Waals surface area contributed by atoms with E-state index in [0.717, 1.165) is 49.1 Å².